The Morgan fingerprint density at radius 3 is 2.78 bits per heavy atom. The molecule has 0 aliphatic heterocycles. The summed E-state index contributed by atoms with van der Waals surface area (Å²) in [4.78, 5) is 16.1. The smallest absolute Gasteiger partial charge is 0.168 e. The first-order valence-corrected chi connectivity index (χ1v) is 7.33. The molecule has 0 aliphatic rings. The van der Waals surface area contributed by atoms with Crippen LogP contribution in [0.4, 0.5) is 5.82 Å². The van der Waals surface area contributed by atoms with Crippen molar-refractivity contribution in [1.82, 2.24) is 29.7 Å². The van der Waals surface area contributed by atoms with E-state index < -0.39 is 0 Å². The molecule has 7 heteroatoms. The quantitative estimate of drug-likeness (QED) is 0.605. The summed E-state index contributed by atoms with van der Waals surface area (Å²) in [5.74, 6) is 1.59. The number of nitrogens with one attached hydrogen (secondary N) is 2. The van der Waals surface area contributed by atoms with Crippen LogP contribution in [0.1, 0.15) is 18.8 Å². The molecule has 1 atom stereocenters. The summed E-state index contributed by atoms with van der Waals surface area (Å²) in [5, 5.41) is 8.67. The van der Waals surface area contributed by atoms with E-state index in [2.05, 4.69) is 30.4 Å². The van der Waals surface area contributed by atoms with Crippen LogP contribution in [0, 0.1) is 0 Å². The number of aromatic nitrogens is 6. The maximum atomic E-state index is 4.45. The van der Waals surface area contributed by atoms with Gasteiger partial charge in [-0.25, -0.2) is 19.6 Å². The normalized spacial score (nSPS) is 12.4. The van der Waals surface area contributed by atoms with Crippen molar-refractivity contribution in [3.63, 3.8) is 0 Å². The van der Waals surface area contributed by atoms with Gasteiger partial charge >= 0.3 is 0 Å². The molecule has 3 aromatic heterocycles. The number of para-hydroxylation sites is 1. The van der Waals surface area contributed by atoms with E-state index in [9.17, 15) is 0 Å². The zero-order chi connectivity index (χ0) is 15.6. The van der Waals surface area contributed by atoms with Crippen molar-refractivity contribution < 1.29 is 0 Å². The lowest BCUT2D eigenvalue weighted by molar-refractivity contribution is 0.805. The predicted molar refractivity (Wildman–Crippen MR) is 87.3 cm³/mol. The Morgan fingerprint density at radius 1 is 1.13 bits per heavy atom. The highest BCUT2D eigenvalue weighted by molar-refractivity contribution is 5.87. The fourth-order valence-corrected chi connectivity index (χ4v) is 2.50. The lowest BCUT2D eigenvalue weighted by atomic mass is 10.3. The predicted octanol–water partition coefficient (Wildman–Crippen LogP) is 2.71. The first-order chi connectivity index (χ1) is 11.3. The van der Waals surface area contributed by atoms with Gasteiger partial charge in [-0.1, -0.05) is 18.2 Å². The number of hydrogen-bond acceptors (Lipinski definition) is 5. The molecule has 0 fully saturated rings. The molecule has 4 aromatic rings. The van der Waals surface area contributed by atoms with Crippen molar-refractivity contribution in [2.24, 2.45) is 0 Å². The van der Waals surface area contributed by atoms with Crippen molar-refractivity contribution in [3.05, 3.63) is 61.1 Å². The Morgan fingerprint density at radius 2 is 2.00 bits per heavy atom. The maximum absolute atomic E-state index is 4.45. The number of H-pyrrole nitrogens is 1. The minimum Gasteiger partial charge on any atom is -0.360 e. The van der Waals surface area contributed by atoms with Crippen LogP contribution in [0.5, 0.6) is 0 Å². The first kappa shape index (κ1) is 13.4. The molecule has 0 amide bonds. The van der Waals surface area contributed by atoms with Gasteiger partial charge in [-0.3, -0.25) is 0 Å². The third kappa shape index (κ3) is 2.42. The summed E-state index contributed by atoms with van der Waals surface area (Å²) in [7, 11) is 0. The van der Waals surface area contributed by atoms with Gasteiger partial charge in [0.2, 0.25) is 0 Å². The topological polar surface area (TPSA) is 84.3 Å². The van der Waals surface area contributed by atoms with Gasteiger partial charge in [0.05, 0.1) is 23.3 Å². The van der Waals surface area contributed by atoms with Crippen molar-refractivity contribution in [2.75, 3.05) is 5.32 Å². The summed E-state index contributed by atoms with van der Waals surface area (Å²) in [6.45, 7) is 2.02. The van der Waals surface area contributed by atoms with Crippen molar-refractivity contribution >= 4 is 16.9 Å². The number of hydrogen-bond donors (Lipinski definition) is 2. The van der Waals surface area contributed by atoms with Crippen LogP contribution in [0.2, 0.25) is 0 Å². The number of benzene rings is 1. The molecular formula is C16H15N7. The molecule has 0 radical (unpaired) electrons. The second-order valence-corrected chi connectivity index (χ2v) is 5.19. The molecule has 0 aliphatic carbocycles. The van der Waals surface area contributed by atoms with Gasteiger partial charge in [0, 0.05) is 12.4 Å². The fourth-order valence-electron chi connectivity index (χ4n) is 2.50. The lowest BCUT2D eigenvalue weighted by Gasteiger charge is -2.12. The highest BCUT2D eigenvalue weighted by atomic mass is 15.3. The third-order valence-corrected chi connectivity index (χ3v) is 3.65. The molecular weight excluding hydrogens is 290 g/mol. The fraction of sp³-hybridized carbons (Fsp3) is 0.125. The van der Waals surface area contributed by atoms with Gasteiger partial charge in [0.15, 0.2) is 5.65 Å². The van der Waals surface area contributed by atoms with Crippen LogP contribution in [-0.2, 0) is 0 Å². The van der Waals surface area contributed by atoms with Gasteiger partial charge in [0.1, 0.15) is 18.0 Å². The summed E-state index contributed by atoms with van der Waals surface area (Å²) in [6, 6.07) is 9.91. The van der Waals surface area contributed by atoms with E-state index in [0.717, 1.165) is 28.4 Å². The van der Waals surface area contributed by atoms with Crippen molar-refractivity contribution in [1.29, 1.82) is 0 Å². The molecule has 0 bridgehead atoms. The van der Waals surface area contributed by atoms with Crippen LogP contribution in [0.15, 0.2) is 55.2 Å². The lowest BCUT2D eigenvalue weighted by Crippen LogP contribution is -2.10. The summed E-state index contributed by atoms with van der Waals surface area (Å²) >= 11 is 0. The molecule has 0 spiro atoms. The molecule has 1 unspecified atom stereocenters. The number of imidazole rings is 1. The van der Waals surface area contributed by atoms with E-state index in [0.29, 0.717) is 0 Å². The van der Waals surface area contributed by atoms with Gasteiger partial charge in [-0.05, 0) is 19.1 Å². The molecule has 1 aromatic carbocycles. The minimum absolute atomic E-state index is 0.00294. The minimum atomic E-state index is 0.00294. The largest absolute Gasteiger partial charge is 0.360 e. The standard InChI is InChI=1S/C16H15N7/c1-11(14-17-7-8-18-14)22-15-13-9-21-23(16(13)20-10-19-15)12-5-3-2-4-6-12/h2-11H,1H3,(H,17,18)(H,19,20,22). The zero-order valence-electron chi connectivity index (χ0n) is 12.5. The molecule has 3 heterocycles. The summed E-state index contributed by atoms with van der Waals surface area (Å²) in [6.07, 6.45) is 6.85. The van der Waals surface area contributed by atoms with Crippen LogP contribution in [-0.4, -0.2) is 29.7 Å². The number of anilines is 1. The summed E-state index contributed by atoms with van der Waals surface area (Å²) < 4.78 is 1.81. The van der Waals surface area contributed by atoms with Gasteiger partial charge in [-0.15, -0.1) is 0 Å². The molecule has 23 heavy (non-hydrogen) atoms. The van der Waals surface area contributed by atoms with E-state index in [4.69, 9.17) is 0 Å². The highest BCUT2D eigenvalue weighted by Gasteiger charge is 2.14. The van der Waals surface area contributed by atoms with Crippen molar-refractivity contribution in [3.8, 4) is 5.69 Å². The molecule has 4 rings (SSSR count). The molecule has 2 N–H and O–H groups in total. The second kappa shape index (κ2) is 5.53. The maximum Gasteiger partial charge on any atom is 0.168 e. The summed E-state index contributed by atoms with van der Waals surface area (Å²) in [5.41, 5.74) is 1.73. The third-order valence-electron chi connectivity index (χ3n) is 3.65. The Balaban J connectivity index is 1.73. The van der Waals surface area contributed by atoms with Gasteiger partial charge in [0.25, 0.3) is 0 Å². The van der Waals surface area contributed by atoms with E-state index >= 15 is 0 Å². The number of nitrogens with zero attached hydrogens (tertiary/aromatic N) is 5. The van der Waals surface area contributed by atoms with E-state index in [1.54, 1.807) is 29.6 Å². The van der Waals surface area contributed by atoms with Crippen molar-refractivity contribution in [2.45, 2.75) is 13.0 Å². The zero-order valence-corrected chi connectivity index (χ0v) is 12.5. The van der Waals surface area contributed by atoms with E-state index in [1.807, 2.05) is 37.3 Å². The van der Waals surface area contributed by atoms with Crippen LogP contribution >= 0.6 is 0 Å². The number of aromatic amines is 1. The number of fused-ring (bicyclic) bond motifs is 1. The molecule has 0 saturated carbocycles. The molecule has 7 nitrogen and oxygen atoms in total. The van der Waals surface area contributed by atoms with Gasteiger partial charge in [-0.2, -0.15) is 5.10 Å². The molecule has 114 valence electrons. The van der Waals surface area contributed by atoms with Crippen LogP contribution < -0.4 is 5.32 Å². The Kier molecular flexibility index (Phi) is 3.23. The van der Waals surface area contributed by atoms with Crippen LogP contribution in [0.3, 0.4) is 0 Å². The monoisotopic (exact) mass is 305 g/mol. The Hall–Kier alpha value is -3.22. The van der Waals surface area contributed by atoms with E-state index in [1.165, 1.54) is 0 Å². The van der Waals surface area contributed by atoms with Crippen LogP contribution in [0.25, 0.3) is 16.7 Å². The Bertz CT molecular complexity index is 912. The molecule has 0 saturated heterocycles. The Labute approximate surface area is 132 Å². The second-order valence-electron chi connectivity index (χ2n) is 5.19. The van der Waals surface area contributed by atoms with E-state index in [-0.39, 0.29) is 6.04 Å². The average Bonchev–Trinajstić information content (AvgIpc) is 3.26. The first-order valence-electron chi connectivity index (χ1n) is 7.33. The average molecular weight is 305 g/mol. The highest BCUT2D eigenvalue weighted by Crippen LogP contribution is 2.24. The number of rotatable bonds is 4. The SMILES string of the molecule is CC(Nc1ncnc2c1cnn2-c1ccccc1)c1ncc[nH]1. The van der Waals surface area contributed by atoms with Gasteiger partial charge < -0.3 is 10.3 Å².